The Morgan fingerprint density at radius 3 is 2.36 bits per heavy atom. The van der Waals surface area contributed by atoms with E-state index in [1.165, 1.54) is 23.1 Å². The molecule has 0 saturated heterocycles. The van der Waals surface area contributed by atoms with Gasteiger partial charge in [-0.05, 0) is 67.9 Å². The summed E-state index contributed by atoms with van der Waals surface area (Å²) in [7, 11) is 0. The van der Waals surface area contributed by atoms with Crippen molar-refractivity contribution in [3.63, 3.8) is 0 Å². The summed E-state index contributed by atoms with van der Waals surface area (Å²) in [4.78, 5) is 27.1. The van der Waals surface area contributed by atoms with E-state index in [-0.39, 0.29) is 23.5 Å². The maximum absolute atomic E-state index is 14.2. The number of aromatic nitrogens is 1. The van der Waals surface area contributed by atoms with Crippen LogP contribution in [0, 0.1) is 11.6 Å². The maximum atomic E-state index is 14.2. The summed E-state index contributed by atoms with van der Waals surface area (Å²) in [6.07, 6.45) is -3.89. The summed E-state index contributed by atoms with van der Waals surface area (Å²) in [5.74, 6) is -2.91. The molecule has 11 heteroatoms. The van der Waals surface area contributed by atoms with Crippen LogP contribution in [0.5, 0.6) is 5.75 Å². The van der Waals surface area contributed by atoms with Gasteiger partial charge >= 0.3 is 12.3 Å². The van der Waals surface area contributed by atoms with E-state index in [0.29, 0.717) is 41.7 Å². The molecule has 39 heavy (non-hydrogen) atoms. The fourth-order valence-electron chi connectivity index (χ4n) is 4.15. The van der Waals surface area contributed by atoms with Gasteiger partial charge in [0, 0.05) is 36.8 Å². The second-order valence-electron chi connectivity index (χ2n) is 8.63. The summed E-state index contributed by atoms with van der Waals surface area (Å²) in [5.41, 5.74) is -0.524. The zero-order chi connectivity index (χ0) is 28.3. The van der Waals surface area contributed by atoms with Gasteiger partial charge in [0.25, 0.3) is 5.91 Å². The van der Waals surface area contributed by atoms with E-state index >= 15 is 0 Å². The van der Waals surface area contributed by atoms with Gasteiger partial charge in [-0.25, -0.2) is 13.6 Å². The molecule has 0 aliphatic carbocycles. The lowest BCUT2D eigenvalue weighted by molar-refractivity contribution is -0.140. The highest BCUT2D eigenvalue weighted by atomic mass is 19.4. The van der Waals surface area contributed by atoms with E-state index < -0.39 is 35.4 Å². The van der Waals surface area contributed by atoms with E-state index in [2.05, 4.69) is 5.32 Å². The summed E-state index contributed by atoms with van der Waals surface area (Å²) in [5, 5.41) is 3.01. The minimum atomic E-state index is -4.92. The van der Waals surface area contributed by atoms with Gasteiger partial charge in [-0.2, -0.15) is 13.2 Å². The molecular formula is C28H24F5N3O3. The summed E-state index contributed by atoms with van der Waals surface area (Å²) in [6, 6.07) is 12.6. The van der Waals surface area contributed by atoms with E-state index in [9.17, 15) is 31.5 Å². The van der Waals surface area contributed by atoms with Crippen LogP contribution in [-0.2, 0) is 12.7 Å². The Kier molecular flexibility index (Phi) is 7.89. The molecule has 4 aromatic rings. The second-order valence-corrected chi connectivity index (χ2v) is 8.63. The number of benzene rings is 3. The van der Waals surface area contributed by atoms with Crippen molar-refractivity contribution in [2.45, 2.75) is 26.6 Å². The molecule has 0 fully saturated rings. The Labute approximate surface area is 220 Å². The van der Waals surface area contributed by atoms with Crippen LogP contribution in [0.2, 0.25) is 0 Å². The normalized spacial score (nSPS) is 11.5. The van der Waals surface area contributed by atoms with Gasteiger partial charge in [0.15, 0.2) is 5.75 Å². The lowest BCUT2D eigenvalue weighted by Gasteiger charge is -2.20. The molecule has 0 saturated carbocycles. The van der Waals surface area contributed by atoms with Crippen LogP contribution in [0.25, 0.3) is 10.9 Å². The minimum Gasteiger partial charge on any atom is -0.408 e. The smallest absolute Gasteiger partial charge is 0.408 e. The van der Waals surface area contributed by atoms with Crippen molar-refractivity contribution in [2.24, 2.45) is 0 Å². The number of nitrogens with one attached hydrogen (secondary N) is 1. The van der Waals surface area contributed by atoms with Crippen LogP contribution >= 0.6 is 0 Å². The first-order valence-electron chi connectivity index (χ1n) is 12.0. The van der Waals surface area contributed by atoms with Crippen molar-refractivity contribution in [2.75, 3.05) is 18.4 Å². The molecule has 3 aromatic carbocycles. The van der Waals surface area contributed by atoms with Crippen LogP contribution in [0.3, 0.4) is 0 Å². The number of fused-ring (bicyclic) bond motifs is 1. The lowest BCUT2D eigenvalue weighted by Crippen LogP contribution is -2.33. The molecule has 1 N–H and O–H groups in total. The average Bonchev–Trinajstić information content (AvgIpc) is 3.28. The van der Waals surface area contributed by atoms with Gasteiger partial charge in [0.2, 0.25) is 0 Å². The molecule has 0 unspecified atom stereocenters. The number of anilines is 1. The predicted molar refractivity (Wildman–Crippen MR) is 136 cm³/mol. The molecule has 0 aliphatic rings. The predicted octanol–water partition coefficient (Wildman–Crippen LogP) is 7.08. The summed E-state index contributed by atoms with van der Waals surface area (Å²) in [6.45, 7) is 4.56. The molecule has 1 heterocycles. The van der Waals surface area contributed by atoms with E-state index in [1.54, 1.807) is 48.9 Å². The van der Waals surface area contributed by atoms with Crippen molar-refractivity contribution in [3.05, 3.63) is 95.2 Å². The van der Waals surface area contributed by atoms with Crippen LogP contribution in [0.15, 0.2) is 66.9 Å². The molecule has 0 spiro atoms. The molecule has 4 rings (SSSR count). The molecule has 2 amide bonds. The molecule has 0 radical (unpaired) electrons. The van der Waals surface area contributed by atoms with Gasteiger partial charge < -0.3 is 19.5 Å². The van der Waals surface area contributed by atoms with Crippen molar-refractivity contribution in [3.8, 4) is 5.75 Å². The van der Waals surface area contributed by atoms with Gasteiger partial charge in [-0.3, -0.25) is 4.79 Å². The first-order chi connectivity index (χ1) is 18.5. The third-order valence-electron chi connectivity index (χ3n) is 6.15. The Morgan fingerprint density at radius 1 is 0.974 bits per heavy atom. The fourth-order valence-corrected chi connectivity index (χ4v) is 4.15. The Morgan fingerprint density at radius 2 is 1.72 bits per heavy atom. The average molecular weight is 546 g/mol. The number of ether oxygens (including phenoxy) is 1. The highest BCUT2D eigenvalue weighted by Crippen LogP contribution is 2.36. The number of nitrogens with zero attached hydrogens (tertiary/aromatic N) is 2. The lowest BCUT2D eigenvalue weighted by atomic mass is 10.1. The van der Waals surface area contributed by atoms with Gasteiger partial charge in [0.1, 0.15) is 11.6 Å². The topological polar surface area (TPSA) is 63.6 Å². The van der Waals surface area contributed by atoms with Crippen LogP contribution in [0.1, 0.15) is 35.3 Å². The highest BCUT2D eigenvalue weighted by molar-refractivity contribution is 6.10. The molecule has 0 aliphatic heterocycles. The number of hydrogen-bond acceptors (Lipinski definition) is 3. The Hall–Kier alpha value is -4.41. The van der Waals surface area contributed by atoms with Gasteiger partial charge in [-0.15, -0.1) is 0 Å². The van der Waals surface area contributed by atoms with Gasteiger partial charge in [0.05, 0.1) is 16.8 Å². The van der Waals surface area contributed by atoms with Crippen molar-refractivity contribution >= 4 is 28.6 Å². The number of carbonyl (C=O) groups is 2. The van der Waals surface area contributed by atoms with Gasteiger partial charge in [-0.1, -0.05) is 12.1 Å². The maximum Gasteiger partial charge on any atom is 0.419 e. The molecule has 0 bridgehead atoms. The van der Waals surface area contributed by atoms with Crippen molar-refractivity contribution in [1.82, 2.24) is 9.47 Å². The van der Waals surface area contributed by atoms with Crippen molar-refractivity contribution < 1.29 is 36.3 Å². The zero-order valence-corrected chi connectivity index (χ0v) is 21.0. The number of amides is 2. The third kappa shape index (κ3) is 6.02. The number of rotatable bonds is 7. The number of alkyl halides is 3. The van der Waals surface area contributed by atoms with E-state index in [4.69, 9.17) is 4.74 Å². The second kappa shape index (κ2) is 11.1. The standard InChI is InChI=1S/C28H24F5N3O3/c1-3-35(4-2)27(38)39-24-11-10-23-20(12-13-36(23)16-17-6-5-7-19(29)14-17)25(24)34-26(37)18-8-9-21(22(30)15-18)28(31,32)33/h5-15H,3-4,16H2,1-2H3,(H,34,37). The first kappa shape index (κ1) is 27.6. The molecule has 6 nitrogen and oxygen atoms in total. The molecule has 1 aromatic heterocycles. The van der Waals surface area contributed by atoms with Crippen molar-refractivity contribution in [1.29, 1.82) is 0 Å². The Balaban J connectivity index is 1.74. The SMILES string of the molecule is CCN(CC)C(=O)Oc1ccc2c(ccn2Cc2cccc(F)c2)c1NC(=O)c1ccc(C(F)(F)F)c(F)c1. The first-order valence-corrected chi connectivity index (χ1v) is 12.0. The highest BCUT2D eigenvalue weighted by Gasteiger charge is 2.34. The molecular weight excluding hydrogens is 521 g/mol. The molecule has 0 atom stereocenters. The number of hydrogen-bond donors (Lipinski definition) is 1. The summed E-state index contributed by atoms with van der Waals surface area (Å²) >= 11 is 0. The monoisotopic (exact) mass is 545 g/mol. The Bertz CT molecular complexity index is 1530. The van der Waals surface area contributed by atoms with E-state index in [1.807, 2.05) is 0 Å². The number of halogens is 5. The van der Waals surface area contributed by atoms with Crippen LogP contribution in [0.4, 0.5) is 32.4 Å². The number of carbonyl (C=O) groups excluding carboxylic acids is 2. The molecule has 204 valence electrons. The zero-order valence-electron chi connectivity index (χ0n) is 21.0. The fraction of sp³-hybridized carbons (Fsp3) is 0.214. The summed E-state index contributed by atoms with van der Waals surface area (Å²) < 4.78 is 74.1. The quantitative estimate of drug-likeness (QED) is 0.253. The minimum absolute atomic E-state index is 0.0105. The van der Waals surface area contributed by atoms with Crippen LogP contribution in [-0.4, -0.2) is 34.6 Å². The largest absolute Gasteiger partial charge is 0.419 e. The van der Waals surface area contributed by atoms with E-state index in [0.717, 1.165) is 6.07 Å². The third-order valence-corrected chi connectivity index (χ3v) is 6.15. The van der Waals surface area contributed by atoms with Crippen LogP contribution < -0.4 is 10.1 Å².